The number of hydrogen-bond acceptors (Lipinski definition) is 6. The third kappa shape index (κ3) is 4.54. The predicted molar refractivity (Wildman–Crippen MR) is 108 cm³/mol. The van der Waals surface area contributed by atoms with E-state index < -0.39 is 10.0 Å². The molecule has 1 unspecified atom stereocenters. The summed E-state index contributed by atoms with van der Waals surface area (Å²) in [7, 11) is -3.42. The largest absolute Gasteiger partial charge is 0.339 e. The number of aryl methyl sites for hydroxylation is 1. The van der Waals surface area contributed by atoms with Crippen LogP contribution < -0.4 is 0 Å². The van der Waals surface area contributed by atoms with Gasteiger partial charge in [0, 0.05) is 57.2 Å². The molecule has 1 amide bonds. The number of carbonyl (C=O) groups is 1. The van der Waals surface area contributed by atoms with Crippen molar-refractivity contribution in [2.75, 3.05) is 58.9 Å². The van der Waals surface area contributed by atoms with Crippen molar-refractivity contribution in [3.8, 4) is 0 Å². The summed E-state index contributed by atoms with van der Waals surface area (Å²) in [6.45, 7) is 12.5. The summed E-state index contributed by atoms with van der Waals surface area (Å²) < 4.78 is 27.5. The molecule has 3 heterocycles. The lowest BCUT2D eigenvalue weighted by Gasteiger charge is -2.40. The number of rotatable bonds is 5. The van der Waals surface area contributed by atoms with Crippen molar-refractivity contribution >= 4 is 27.3 Å². The number of likely N-dealkylation sites (N-methyl/N-ethyl adjacent to an activating group) is 1. The summed E-state index contributed by atoms with van der Waals surface area (Å²) in [6.07, 6.45) is 0. The van der Waals surface area contributed by atoms with Crippen LogP contribution in [0.15, 0.2) is 16.3 Å². The highest BCUT2D eigenvalue weighted by Crippen LogP contribution is 2.25. The summed E-state index contributed by atoms with van der Waals surface area (Å²) in [6, 6.07) is 3.32. The Morgan fingerprint density at radius 1 is 1.07 bits per heavy atom. The molecule has 0 aromatic carbocycles. The van der Waals surface area contributed by atoms with Crippen LogP contribution in [-0.4, -0.2) is 98.3 Å². The minimum atomic E-state index is -3.42. The Morgan fingerprint density at radius 3 is 2.22 bits per heavy atom. The van der Waals surface area contributed by atoms with E-state index in [-0.39, 0.29) is 11.9 Å². The van der Waals surface area contributed by atoms with Crippen LogP contribution in [0.2, 0.25) is 0 Å². The lowest BCUT2D eigenvalue weighted by atomic mass is 10.2. The van der Waals surface area contributed by atoms with Crippen molar-refractivity contribution in [1.29, 1.82) is 0 Å². The average Bonchev–Trinajstić information content (AvgIpc) is 3.14. The van der Waals surface area contributed by atoms with Crippen LogP contribution in [0.4, 0.5) is 0 Å². The molecule has 27 heavy (non-hydrogen) atoms. The molecule has 0 aliphatic carbocycles. The first-order chi connectivity index (χ1) is 12.8. The first-order valence-corrected chi connectivity index (χ1v) is 11.9. The molecule has 1 atom stereocenters. The fourth-order valence-electron chi connectivity index (χ4n) is 3.71. The summed E-state index contributed by atoms with van der Waals surface area (Å²) in [5.41, 5.74) is 0. The van der Waals surface area contributed by atoms with Gasteiger partial charge < -0.3 is 9.80 Å². The molecule has 7 nitrogen and oxygen atoms in total. The van der Waals surface area contributed by atoms with Gasteiger partial charge in [-0.25, -0.2) is 8.42 Å². The maximum absolute atomic E-state index is 12.8. The van der Waals surface area contributed by atoms with Crippen molar-refractivity contribution in [3.63, 3.8) is 0 Å². The molecule has 3 rings (SSSR count). The van der Waals surface area contributed by atoms with E-state index in [2.05, 4.69) is 16.7 Å². The van der Waals surface area contributed by atoms with Gasteiger partial charge in [-0.2, -0.15) is 4.31 Å². The van der Waals surface area contributed by atoms with Gasteiger partial charge in [-0.05, 0) is 32.5 Å². The summed E-state index contributed by atoms with van der Waals surface area (Å²) in [5, 5.41) is 0. The highest BCUT2D eigenvalue weighted by molar-refractivity contribution is 7.91. The van der Waals surface area contributed by atoms with E-state index in [1.54, 1.807) is 10.4 Å². The fourth-order valence-corrected chi connectivity index (χ4v) is 6.57. The second kappa shape index (κ2) is 8.57. The lowest BCUT2D eigenvalue weighted by Crippen LogP contribution is -2.57. The van der Waals surface area contributed by atoms with E-state index in [1.165, 1.54) is 11.3 Å². The molecule has 2 aliphatic rings. The Hall–Kier alpha value is -1.00. The van der Waals surface area contributed by atoms with E-state index in [0.29, 0.717) is 30.4 Å². The zero-order valence-corrected chi connectivity index (χ0v) is 18.1. The number of piperazine rings is 2. The van der Waals surface area contributed by atoms with Crippen molar-refractivity contribution in [3.05, 3.63) is 17.0 Å². The summed E-state index contributed by atoms with van der Waals surface area (Å²) >= 11 is 1.31. The van der Waals surface area contributed by atoms with Gasteiger partial charge in [0.25, 0.3) is 10.0 Å². The van der Waals surface area contributed by atoms with Gasteiger partial charge >= 0.3 is 0 Å². The van der Waals surface area contributed by atoms with Crippen LogP contribution in [0.3, 0.4) is 0 Å². The molecule has 2 saturated heterocycles. The molecular weight excluding hydrogens is 384 g/mol. The number of thiophene rings is 1. The van der Waals surface area contributed by atoms with E-state index in [9.17, 15) is 13.2 Å². The van der Waals surface area contributed by atoms with Crippen molar-refractivity contribution in [2.45, 2.75) is 31.0 Å². The van der Waals surface area contributed by atoms with Gasteiger partial charge in [0.15, 0.2) is 0 Å². The summed E-state index contributed by atoms with van der Waals surface area (Å²) in [4.78, 5) is 20.2. The zero-order valence-electron chi connectivity index (χ0n) is 16.4. The van der Waals surface area contributed by atoms with Crippen molar-refractivity contribution in [2.24, 2.45) is 0 Å². The minimum Gasteiger partial charge on any atom is -0.339 e. The van der Waals surface area contributed by atoms with E-state index in [0.717, 1.165) is 37.6 Å². The highest BCUT2D eigenvalue weighted by atomic mass is 32.2. The van der Waals surface area contributed by atoms with Crippen LogP contribution in [0.1, 0.15) is 18.7 Å². The number of hydrogen-bond donors (Lipinski definition) is 0. The van der Waals surface area contributed by atoms with Gasteiger partial charge in [0.2, 0.25) is 5.91 Å². The number of amides is 1. The maximum atomic E-state index is 12.8. The zero-order chi connectivity index (χ0) is 19.6. The van der Waals surface area contributed by atoms with Gasteiger partial charge in [-0.3, -0.25) is 9.69 Å². The summed E-state index contributed by atoms with van der Waals surface area (Å²) in [5.74, 6) is 0.163. The predicted octanol–water partition coefficient (Wildman–Crippen LogP) is 0.915. The molecule has 9 heteroatoms. The van der Waals surface area contributed by atoms with Crippen LogP contribution in [0.5, 0.6) is 0 Å². The Kier molecular flexibility index (Phi) is 6.58. The van der Waals surface area contributed by atoms with Crippen molar-refractivity contribution < 1.29 is 13.2 Å². The Bertz CT molecular complexity index is 748. The molecule has 0 saturated carbocycles. The molecular formula is C18H30N4O3S2. The van der Waals surface area contributed by atoms with Crippen LogP contribution in [0.25, 0.3) is 0 Å². The number of nitrogens with zero attached hydrogens (tertiary/aromatic N) is 4. The molecule has 0 radical (unpaired) electrons. The smallest absolute Gasteiger partial charge is 0.252 e. The molecule has 152 valence electrons. The first kappa shape index (κ1) is 20.7. The molecule has 0 bridgehead atoms. The number of sulfonamides is 1. The average molecular weight is 415 g/mol. The lowest BCUT2D eigenvalue weighted by molar-refractivity contribution is -0.138. The van der Waals surface area contributed by atoms with E-state index >= 15 is 0 Å². The van der Waals surface area contributed by atoms with Gasteiger partial charge in [0.05, 0.1) is 6.04 Å². The third-order valence-electron chi connectivity index (χ3n) is 5.62. The Balaban J connectivity index is 1.55. The first-order valence-electron chi connectivity index (χ1n) is 9.64. The third-order valence-corrected chi connectivity index (χ3v) is 8.99. The molecule has 2 fully saturated rings. The Morgan fingerprint density at radius 2 is 1.70 bits per heavy atom. The van der Waals surface area contributed by atoms with Gasteiger partial charge in [-0.15, -0.1) is 11.3 Å². The topological polar surface area (TPSA) is 64.2 Å². The highest BCUT2D eigenvalue weighted by Gasteiger charge is 2.34. The SMILES string of the molecule is CCN1CCN(C(=O)C(C)N2CCN(S(=O)(=O)c3ccc(C)s3)CC2)CC1. The monoisotopic (exact) mass is 414 g/mol. The fraction of sp³-hybridized carbons (Fsp3) is 0.722. The number of carbonyl (C=O) groups excluding carboxylic acids is 1. The second-order valence-electron chi connectivity index (χ2n) is 7.24. The van der Waals surface area contributed by atoms with Gasteiger partial charge in [-0.1, -0.05) is 6.92 Å². The minimum absolute atomic E-state index is 0.163. The molecule has 0 N–H and O–H groups in total. The molecule has 1 aromatic rings. The molecule has 2 aliphatic heterocycles. The van der Waals surface area contributed by atoms with Gasteiger partial charge in [0.1, 0.15) is 4.21 Å². The quantitative estimate of drug-likeness (QED) is 0.717. The normalized spacial score (nSPS) is 22.1. The maximum Gasteiger partial charge on any atom is 0.252 e. The van der Waals surface area contributed by atoms with Crippen molar-refractivity contribution in [1.82, 2.24) is 19.0 Å². The van der Waals surface area contributed by atoms with Crippen LogP contribution in [-0.2, 0) is 14.8 Å². The molecule has 1 aromatic heterocycles. The standard InChI is InChI=1S/C18H30N4O3S2/c1-4-19-7-9-21(10-8-19)18(23)16(3)20-11-13-22(14-12-20)27(24,25)17-6-5-15(2)26-17/h5-6,16H,4,7-14H2,1-3H3. The Labute approximate surface area is 166 Å². The van der Waals surface area contributed by atoms with Crippen LogP contribution >= 0.6 is 11.3 Å². The second-order valence-corrected chi connectivity index (χ2v) is 10.7. The van der Waals surface area contributed by atoms with E-state index in [1.807, 2.05) is 24.8 Å². The molecule has 0 spiro atoms. The van der Waals surface area contributed by atoms with Crippen LogP contribution in [0, 0.1) is 6.92 Å². The van der Waals surface area contributed by atoms with E-state index in [4.69, 9.17) is 0 Å².